The second-order valence-electron chi connectivity index (χ2n) is 3.14. The van der Waals surface area contributed by atoms with Gasteiger partial charge in [0.15, 0.2) is 0 Å². The van der Waals surface area contributed by atoms with E-state index in [1.165, 1.54) is 0 Å². The third-order valence-electron chi connectivity index (χ3n) is 1.54. The first-order chi connectivity index (χ1) is 9.38. The van der Waals surface area contributed by atoms with Crippen LogP contribution in [0, 0.1) is 0 Å². The van der Waals surface area contributed by atoms with Gasteiger partial charge in [0.25, 0.3) is 0 Å². The molecule has 0 aliphatic carbocycles. The third kappa shape index (κ3) is 6.30. The summed E-state index contributed by atoms with van der Waals surface area (Å²) in [6.07, 6.45) is -11.1. The van der Waals surface area contributed by atoms with Crippen LogP contribution in [0.4, 0.5) is 26.3 Å². The largest absolute Gasteiger partial charge is 0.825 e. The topological polar surface area (TPSA) is 71.1 Å². The second-order valence-corrected chi connectivity index (χ2v) is 5.13. The van der Waals surface area contributed by atoms with Crippen molar-refractivity contribution in [2.24, 2.45) is 0 Å². The van der Waals surface area contributed by atoms with Crippen LogP contribution >= 0.6 is 0 Å². The summed E-state index contributed by atoms with van der Waals surface area (Å²) >= 11 is 0. The van der Waals surface area contributed by atoms with Crippen molar-refractivity contribution in [2.45, 2.75) is 26.2 Å². The smallest absolute Gasteiger partial charge is 0.436 e. The highest BCUT2D eigenvalue weighted by molar-refractivity contribution is 6.57. The molecule has 0 aromatic carbocycles. The zero-order chi connectivity index (χ0) is 16.9. The Balaban J connectivity index is 5.34. The lowest BCUT2D eigenvalue weighted by atomic mass is 10.7. The van der Waals surface area contributed by atoms with Gasteiger partial charge in [-0.15, -0.1) is 0 Å². The molecule has 0 N–H and O–H groups in total. The Hall–Kier alpha value is -1.34. The van der Waals surface area contributed by atoms with Crippen LogP contribution < -0.4 is 0 Å². The van der Waals surface area contributed by atoms with Crippen molar-refractivity contribution in [3.05, 3.63) is 0 Å². The minimum Gasteiger partial charge on any atom is -0.436 e. The Kier molecular flexibility index (Phi) is 6.63. The van der Waals surface area contributed by atoms with Gasteiger partial charge in [-0.3, -0.25) is 0 Å². The maximum atomic E-state index is 12.1. The van der Waals surface area contributed by atoms with Crippen LogP contribution in [0.3, 0.4) is 0 Å². The molecule has 0 aromatic heterocycles. The van der Waals surface area contributed by atoms with Crippen molar-refractivity contribution < 1.29 is 53.6 Å². The summed E-state index contributed by atoms with van der Waals surface area (Å²) in [5, 5.41) is 0. The highest BCUT2D eigenvalue weighted by Gasteiger charge is 2.61. The quantitative estimate of drug-likeness (QED) is 0.540. The predicted octanol–water partition coefficient (Wildman–Crippen LogP) is 1.71. The minimum absolute atomic E-state index is 0.525. The first-order valence-corrected chi connectivity index (χ1v) is 6.89. The van der Waals surface area contributed by atoms with E-state index in [-0.39, 0.29) is 0 Å². The molecule has 0 aromatic rings. The second kappa shape index (κ2) is 7.08. The molecule has 0 aliphatic heterocycles. The summed E-state index contributed by atoms with van der Waals surface area (Å²) in [4.78, 5) is 21.4. The normalized spacial score (nSPS) is 13.0. The van der Waals surface area contributed by atoms with Gasteiger partial charge in [0.2, 0.25) is 0 Å². The van der Waals surface area contributed by atoms with E-state index in [1.807, 2.05) is 0 Å². The molecule has 124 valence electrons. The number of alkyl halides is 6. The van der Waals surface area contributed by atoms with Gasteiger partial charge in [-0.25, -0.2) is 9.59 Å². The van der Waals surface area contributed by atoms with Crippen molar-refractivity contribution in [3.8, 4) is 0 Å². The number of carbonyl (C=O) groups is 2. The Bertz CT molecular complexity index is 344. The Labute approximate surface area is 115 Å². The maximum Gasteiger partial charge on any atom is 0.825 e. The molecular formula is C8H10F6O6Si. The van der Waals surface area contributed by atoms with Crippen LogP contribution in [0.1, 0.15) is 13.8 Å². The van der Waals surface area contributed by atoms with Crippen LogP contribution in [-0.4, -0.2) is 46.6 Å². The summed E-state index contributed by atoms with van der Waals surface area (Å²) < 4.78 is 89.0. The standard InChI is InChI=1S/C8H10F6O6Si/c1-3-17-21(18-4-2,19-5(15)7(9,10)11)20-6(16)8(12,13)14/h3-4H2,1-2H3. The van der Waals surface area contributed by atoms with Crippen molar-refractivity contribution in [2.75, 3.05) is 13.2 Å². The highest BCUT2D eigenvalue weighted by atomic mass is 28.4. The fraction of sp³-hybridized carbons (Fsp3) is 0.750. The Morgan fingerprint density at radius 3 is 1.29 bits per heavy atom. The predicted molar refractivity (Wildman–Crippen MR) is 53.3 cm³/mol. The first-order valence-electron chi connectivity index (χ1n) is 5.26. The first kappa shape index (κ1) is 19.7. The molecule has 0 rings (SSSR count). The van der Waals surface area contributed by atoms with Crippen LogP contribution in [0.25, 0.3) is 0 Å². The summed E-state index contributed by atoms with van der Waals surface area (Å²) in [6, 6.07) is 0. The van der Waals surface area contributed by atoms with Gasteiger partial charge < -0.3 is 17.7 Å². The highest BCUT2D eigenvalue weighted by Crippen LogP contribution is 2.25. The van der Waals surface area contributed by atoms with E-state index >= 15 is 0 Å². The van der Waals surface area contributed by atoms with Gasteiger partial charge in [0, 0.05) is 13.2 Å². The van der Waals surface area contributed by atoms with E-state index in [1.54, 1.807) is 0 Å². The van der Waals surface area contributed by atoms with E-state index in [4.69, 9.17) is 0 Å². The van der Waals surface area contributed by atoms with Gasteiger partial charge >= 0.3 is 33.3 Å². The van der Waals surface area contributed by atoms with Gasteiger partial charge in [-0.2, -0.15) is 26.3 Å². The van der Waals surface area contributed by atoms with Crippen molar-refractivity contribution in [1.29, 1.82) is 0 Å². The molecule has 0 saturated carbocycles. The summed E-state index contributed by atoms with van der Waals surface area (Å²) in [5.74, 6) is -5.79. The maximum absolute atomic E-state index is 12.1. The molecule has 0 fully saturated rings. The molecule has 0 amide bonds. The van der Waals surface area contributed by atoms with Gasteiger partial charge in [-0.1, -0.05) is 0 Å². The molecule has 0 saturated heterocycles. The SMILES string of the molecule is CCO[Si](OCC)(OC(=O)C(F)(F)F)OC(=O)C(F)(F)F. The zero-order valence-electron chi connectivity index (χ0n) is 10.6. The molecule has 6 nitrogen and oxygen atoms in total. The lowest BCUT2D eigenvalue weighted by molar-refractivity contribution is -0.208. The molecule has 0 unspecified atom stereocenters. The lowest BCUT2D eigenvalue weighted by Crippen LogP contribution is -2.55. The number of carbonyl (C=O) groups excluding carboxylic acids is 2. The van der Waals surface area contributed by atoms with Crippen LogP contribution in [0.5, 0.6) is 0 Å². The average molecular weight is 344 g/mol. The van der Waals surface area contributed by atoms with Gasteiger partial charge in [0.05, 0.1) is 0 Å². The molecular weight excluding hydrogens is 334 g/mol. The number of halogens is 6. The molecule has 0 spiro atoms. The molecule has 13 heteroatoms. The molecule has 0 bridgehead atoms. The molecule has 0 atom stereocenters. The summed E-state index contributed by atoms with van der Waals surface area (Å²) in [6.45, 7) is 1.26. The van der Waals surface area contributed by atoms with Crippen LogP contribution in [0.15, 0.2) is 0 Å². The van der Waals surface area contributed by atoms with Crippen molar-refractivity contribution in [3.63, 3.8) is 0 Å². The van der Waals surface area contributed by atoms with Crippen LogP contribution in [-0.2, 0) is 27.3 Å². The third-order valence-corrected chi connectivity index (χ3v) is 3.70. The van der Waals surface area contributed by atoms with Crippen molar-refractivity contribution >= 4 is 21.0 Å². The summed E-state index contributed by atoms with van der Waals surface area (Å²) in [7, 11) is -5.28. The van der Waals surface area contributed by atoms with E-state index in [0.717, 1.165) is 13.8 Å². The lowest BCUT2D eigenvalue weighted by Gasteiger charge is -2.26. The number of hydrogen-bond acceptors (Lipinski definition) is 6. The fourth-order valence-corrected chi connectivity index (χ4v) is 2.63. The number of hydrogen-bond donors (Lipinski definition) is 0. The fourth-order valence-electron chi connectivity index (χ4n) is 0.877. The zero-order valence-corrected chi connectivity index (χ0v) is 11.6. The van der Waals surface area contributed by atoms with Crippen LogP contribution in [0.2, 0.25) is 0 Å². The Morgan fingerprint density at radius 1 is 0.810 bits per heavy atom. The average Bonchev–Trinajstić information content (AvgIpc) is 2.26. The monoisotopic (exact) mass is 344 g/mol. The summed E-state index contributed by atoms with van der Waals surface area (Å²) in [5.41, 5.74) is 0. The molecule has 0 heterocycles. The van der Waals surface area contributed by atoms with E-state index < -0.39 is 46.6 Å². The Morgan fingerprint density at radius 2 is 1.10 bits per heavy atom. The molecule has 21 heavy (non-hydrogen) atoms. The minimum atomic E-state index is -5.53. The van der Waals surface area contributed by atoms with E-state index in [2.05, 4.69) is 17.7 Å². The van der Waals surface area contributed by atoms with Gasteiger partial charge in [-0.05, 0) is 13.8 Å². The van der Waals surface area contributed by atoms with E-state index in [9.17, 15) is 35.9 Å². The molecule has 0 radical (unpaired) electrons. The van der Waals surface area contributed by atoms with Crippen molar-refractivity contribution in [1.82, 2.24) is 0 Å². The van der Waals surface area contributed by atoms with Gasteiger partial charge in [0.1, 0.15) is 0 Å². The number of rotatable bonds is 6. The van der Waals surface area contributed by atoms with E-state index in [0.29, 0.717) is 0 Å². The molecule has 0 aliphatic rings.